The second-order valence-corrected chi connectivity index (χ2v) is 8.75. The number of morpholine rings is 1. The summed E-state index contributed by atoms with van der Waals surface area (Å²) < 4.78 is 13.5. The minimum absolute atomic E-state index is 0.267. The molecule has 3 aromatic heterocycles. The number of rotatable bonds is 3. The van der Waals surface area contributed by atoms with Crippen molar-refractivity contribution >= 4 is 22.7 Å². The lowest BCUT2D eigenvalue weighted by molar-refractivity contribution is -0.00359. The number of aromatic nitrogens is 5. The molecule has 0 aromatic carbocycles. The summed E-state index contributed by atoms with van der Waals surface area (Å²) in [7, 11) is 0. The number of ether oxygens (including phenoxy) is 2. The van der Waals surface area contributed by atoms with Crippen LogP contribution in [0.5, 0.6) is 0 Å². The molecule has 9 nitrogen and oxygen atoms in total. The van der Waals surface area contributed by atoms with Crippen LogP contribution in [0.4, 0.5) is 11.6 Å². The van der Waals surface area contributed by atoms with Crippen molar-refractivity contribution in [3.05, 3.63) is 23.9 Å². The Morgan fingerprint density at radius 3 is 2.80 bits per heavy atom. The highest BCUT2D eigenvalue weighted by molar-refractivity contribution is 5.92. The summed E-state index contributed by atoms with van der Waals surface area (Å²) in [6, 6.07) is 4.39. The lowest BCUT2D eigenvalue weighted by Gasteiger charge is -2.35. The van der Waals surface area contributed by atoms with Crippen molar-refractivity contribution in [2.75, 3.05) is 30.4 Å². The quantitative estimate of drug-likeness (QED) is 0.684. The Kier molecular flexibility index (Phi) is 4.21. The maximum atomic E-state index is 6.46. The van der Waals surface area contributed by atoms with E-state index in [1.54, 1.807) is 10.9 Å². The highest BCUT2D eigenvalue weighted by Crippen LogP contribution is 2.44. The van der Waals surface area contributed by atoms with E-state index in [1.807, 2.05) is 6.07 Å². The summed E-state index contributed by atoms with van der Waals surface area (Å²) in [6.45, 7) is 4.42. The first-order valence-corrected chi connectivity index (χ1v) is 10.9. The van der Waals surface area contributed by atoms with Crippen molar-refractivity contribution in [1.29, 1.82) is 0 Å². The number of nitrogens with one attached hydrogen (secondary N) is 1. The number of anilines is 2. The molecule has 3 saturated heterocycles. The van der Waals surface area contributed by atoms with Gasteiger partial charge in [-0.1, -0.05) is 0 Å². The van der Waals surface area contributed by atoms with Gasteiger partial charge in [0, 0.05) is 12.6 Å². The average molecular weight is 409 g/mol. The maximum Gasteiger partial charge on any atom is 0.169 e. The smallest absolute Gasteiger partial charge is 0.169 e. The molecule has 0 saturated carbocycles. The van der Waals surface area contributed by atoms with E-state index in [-0.39, 0.29) is 6.04 Å². The van der Waals surface area contributed by atoms with Gasteiger partial charge in [0.15, 0.2) is 17.3 Å². The molecule has 3 atom stereocenters. The van der Waals surface area contributed by atoms with Crippen LogP contribution in [0.25, 0.3) is 16.9 Å². The van der Waals surface area contributed by atoms with E-state index in [2.05, 4.69) is 33.2 Å². The van der Waals surface area contributed by atoms with Gasteiger partial charge in [0.05, 0.1) is 43.0 Å². The Balaban J connectivity index is 1.54. The number of H-pyrrole nitrogens is 1. The minimum atomic E-state index is 0.267. The number of nitrogens with zero attached hydrogens (tertiary/aromatic N) is 5. The van der Waals surface area contributed by atoms with Gasteiger partial charge in [-0.15, -0.1) is 5.10 Å². The highest BCUT2D eigenvalue weighted by atomic mass is 16.5. The van der Waals surface area contributed by atoms with Crippen LogP contribution in [-0.2, 0) is 9.47 Å². The van der Waals surface area contributed by atoms with E-state index >= 15 is 0 Å². The Labute approximate surface area is 174 Å². The maximum absolute atomic E-state index is 6.46. The van der Waals surface area contributed by atoms with Gasteiger partial charge in [-0.25, -0.2) is 4.98 Å². The lowest BCUT2D eigenvalue weighted by atomic mass is 9.87. The molecule has 6 rings (SSSR count). The number of nitrogen functional groups attached to an aromatic ring is 1. The van der Waals surface area contributed by atoms with E-state index in [0.717, 1.165) is 54.9 Å². The molecule has 0 amide bonds. The summed E-state index contributed by atoms with van der Waals surface area (Å²) in [4.78, 5) is 7.38. The van der Waals surface area contributed by atoms with Crippen molar-refractivity contribution < 1.29 is 9.47 Å². The molecule has 30 heavy (non-hydrogen) atoms. The number of hydrogen-bond acceptors (Lipinski definition) is 7. The molecule has 0 spiro atoms. The van der Waals surface area contributed by atoms with Gasteiger partial charge in [-0.3, -0.25) is 5.10 Å². The van der Waals surface area contributed by atoms with E-state index in [1.165, 1.54) is 5.56 Å². The molecule has 3 aliphatic rings. The van der Waals surface area contributed by atoms with Crippen LogP contribution >= 0.6 is 0 Å². The zero-order chi connectivity index (χ0) is 20.2. The largest absolute Gasteiger partial charge is 0.382 e. The second kappa shape index (κ2) is 6.95. The van der Waals surface area contributed by atoms with E-state index in [0.29, 0.717) is 37.2 Å². The van der Waals surface area contributed by atoms with Crippen LogP contribution in [0.3, 0.4) is 0 Å². The molecule has 6 heterocycles. The predicted molar refractivity (Wildman–Crippen MR) is 113 cm³/mol. The zero-order valence-corrected chi connectivity index (χ0v) is 17.1. The molecule has 0 radical (unpaired) electrons. The van der Waals surface area contributed by atoms with Crippen molar-refractivity contribution in [2.45, 2.75) is 56.8 Å². The first-order valence-electron chi connectivity index (χ1n) is 10.9. The third kappa shape index (κ3) is 2.87. The standard InChI is InChI=1S/C21H27N7O2/c1-12-11-29-7-6-27(12)18-10-16(13-8-14-2-3-15(9-13)30-14)19-20(22)26-28(21(19)24-18)17-4-5-23-25-17/h4-5,10,12-15H,2-3,6-9,11H2,1H3,(H2,22,26)(H,23,25). The molecule has 3 fully saturated rings. The highest BCUT2D eigenvalue weighted by Gasteiger charge is 2.37. The third-order valence-corrected chi connectivity index (χ3v) is 6.79. The second-order valence-electron chi connectivity index (χ2n) is 8.75. The number of fused-ring (bicyclic) bond motifs is 3. The van der Waals surface area contributed by atoms with E-state index in [4.69, 9.17) is 20.2 Å². The van der Waals surface area contributed by atoms with Gasteiger partial charge < -0.3 is 20.1 Å². The Morgan fingerprint density at radius 2 is 2.07 bits per heavy atom. The summed E-state index contributed by atoms with van der Waals surface area (Å²) in [6.07, 6.45) is 6.80. The topological polar surface area (TPSA) is 107 Å². The van der Waals surface area contributed by atoms with Crippen LogP contribution < -0.4 is 10.6 Å². The van der Waals surface area contributed by atoms with Gasteiger partial charge in [0.2, 0.25) is 0 Å². The molecular formula is C21H27N7O2. The van der Waals surface area contributed by atoms with Gasteiger partial charge in [0.25, 0.3) is 0 Å². The Morgan fingerprint density at radius 1 is 1.23 bits per heavy atom. The number of aromatic amines is 1. The van der Waals surface area contributed by atoms with Crippen molar-refractivity contribution in [1.82, 2.24) is 25.0 Å². The van der Waals surface area contributed by atoms with Gasteiger partial charge >= 0.3 is 0 Å². The van der Waals surface area contributed by atoms with Crippen LogP contribution in [0, 0.1) is 0 Å². The number of hydrogen-bond donors (Lipinski definition) is 2. The first-order chi connectivity index (χ1) is 14.7. The van der Waals surface area contributed by atoms with Gasteiger partial charge in [-0.2, -0.15) is 9.78 Å². The Bertz CT molecular complexity index is 1050. The molecule has 3 aromatic rings. The fourth-order valence-electron chi connectivity index (χ4n) is 5.34. The normalized spacial score (nSPS) is 29.0. The first kappa shape index (κ1) is 18.1. The summed E-state index contributed by atoms with van der Waals surface area (Å²) in [5, 5.41) is 12.7. The Hall–Kier alpha value is -2.65. The van der Waals surface area contributed by atoms with Crippen LogP contribution in [0.15, 0.2) is 18.3 Å². The monoisotopic (exact) mass is 409 g/mol. The molecule has 2 bridgehead atoms. The van der Waals surface area contributed by atoms with Gasteiger partial charge in [-0.05, 0) is 50.2 Å². The number of nitrogens with two attached hydrogens (primary N) is 1. The zero-order valence-electron chi connectivity index (χ0n) is 17.1. The number of pyridine rings is 1. The van der Waals surface area contributed by atoms with Crippen LogP contribution in [0.2, 0.25) is 0 Å². The summed E-state index contributed by atoms with van der Waals surface area (Å²) >= 11 is 0. The molecule has 3 unspecified atom stereocenters. The molecule has 9 heteroatoms. The fourth-order valence-corrected chi connectivity index (χ4v) is 5.34. The van der Waals surface area contributed by atoms with Crippen molar-refractivity contribution in [2.24, 2.45) is 0 Å². The van der Waals surface area contributed by atoms with Crippen molar-refractivity contribution in [3.63, 3.8) is 0 Å². The average Bonchev–Trinajstić information content (AvgIpc) is 3.47. The molecule has 3 N–H and O–H groups in total. The lowest BCUT2D eigenvalue weighted by Crippen LogP contribution is -2.44. The third-order valence-electron chi connectivity index (χ3n) is 6.79. The van der Waals surface area contributed by atoms with E-state index < -0.39 is 0 Å². The molecule has 0 aliphatic carbocycles. The van der Waals surface area contributed by atoms with E-state index in [9.17, 15) is 0 Å². The predicted octanol–water partition coefficient (Wildman–Crippen LogP) is 2.38. The molecular weight excluding hydrogens is 382 g/mol. The summed E-state index contributed by atoms with van der Waals surface area (Å²) in [5.41, 5.74) is 8.49. The summed E-state index contributed by atoms with van der Waals surface area (Å²) in [5.74, 6) is 2.64. The van der Waals surface area contributed by atoms with Gasteiger partial charge in [0.1, 0.15) is 5.82 Å². The minimum Gasteiger partial charge on any atom is -0.382 e. The van der Waals surface area contributed by atoms with Crippen LogP contribution in [0.1, 0.15) is 44.1 Å². The fraction of sp³-hybridized carbons (Fsp3) is 0.571. The van der Waals surface area contributed by atoms with Crippen LogP contribution in [-0.4, -0.2) is 63.0 Å². The molecule has 158 valence electrons. The SMILES string of the molecule is CC1COCCN1c1cc(C2CC3CCC(C2)O3)c2c(N)nn(-c3ccn[nH]3)c2n1. The van der Waals surface area contributed by atoms with Crippen molar-refractivity contribution in [3.8, 4) is 5.82 Å². The molecule has 3 aliphatic heterocycles.